The Balaban J connectivity index is 0. The van der Waals surface area contributed by atoms with E-state index in [-0.39, 0.29) is 85.3 Å². The molecule has 0 unspecified atom stereocenters. The summed E-state index contributed by atoms with van der Waals surface area (Å²) in [6, 6.07) is 0. The molecule has 0 rings (SSSR count). The van der Waals surface area contributed by atoms with E-state index in [4.69, 9.17) is 0 Å². The van der Waals surface area contributed by atoms with Gasteiger partial charge in [-0.2, -0.15) is 0 Å². The van der Waals surface area contributed by atoms with Crippen molar-refractivity contribution in [1.29, 1.82) is 0 Å². The van der Waals surface area contributed by atoms with E-state index in [1.807, 2.05) is 0 Å². The summed E-state index contributed by atoms with van der Waals surface area (Å²) in [6.07, 6.45) is 0. The Morgan fingerprint density at radius 3 is 0.800 bits per heavy atom. The first kappa shape index (κ1) is 52.8. The molecule has 5 heteroatoms. The Labute approximate surface area is 84.3 Å². The molecule has 0 saturated heterocycles. The van der Waals surface area contributed by atoms with Gasteiger partial charge in [0.05, 0.1) is 0 Å². The molecule has 0 aliphatic carbocycles. The van der Waals surface area contributed by atoms with Gasteiger partial charge in [-0.15, -0.1) is 37.2 Å². The third-order valence-electron chi connectivity index (χ3n) is 0. The first-order valence-electron chi connectivity index (χ1n) is 0. The van der Waals surface area contributed by atoms with E-state index in [1.165, 1.54) is 0 Å². The van der Waals surface area contributed by atoms with Crippen molar-refractivity contribution in [2.24, 2.45) is 0 Å². The Bertz CT molecular complexity index is 10.8. The van der Waals surface area contributed by atoms with E-state index in [9.17, 15) is 0 Å². The zero-order valence-corrected chi connectivity index (χ0v) is 8.13. The third-order valence-corrected chi connectivity index (χ3v) is 0. The molecule has 0 aromatic heterocycles. The van der Waals surface area contributed by atoms with Gasteiger partial charge in [0.15, 0.2) is 0 Å². The topological polar surface area (TPSA) is 0 Å². The second-order valence-corrected chi connectivity index (χ2v) is 0. The molecule has 0 N–H and O–H groups in total. The fourth-order valence-electron chi connectivity index (χ4n) is 0. The summed E-state index contributed by atoms with van der Waals surface area (Å²) in [4.78, 5) is 0. The van der Waals surface area contributed by atoms with Crippen LogP contribution in [0.1, 0.15) is 1.43 Å². The van der Waals surface area contributed by atoms with Gasteiger partial charge in [0.25, 0.3) is 0 Å². The van der Waals surface area contributed by atoms with Gasteiger partial charge in [-0.3, -0.25) is 0 Å². The van der Waals surface area contributed by atoms with Gasteiger partial charge < -0.3 is 1.43 Å². The van der Waals surface area contributed by atoms with Crippen molar-refractivity contribution >= 4 is 37.2 Å². The summed E-state index contributed by atoms with van der Waals surface area (Å²) < 4.78 is 0. The second-order valence-electron chi connectivity index (χ2n) is 0. The molecule has 0 bridgehead atoms. The van der Waals surface area contributed by atoms with Gasteiger partial charge >= 0.3 is 29.6 Å². The molecule has 0 amide bonds. The summed E-state index contributed by atoms with van der Waals surface area (Å²) in [5.41, 5.74) is 0. The van der Waals surface area contributed by atoms with E-state index in [1.54, 1.807) is 0 Å². The summed E-state index contributed by atoms with van der Waals surface area (Å²) in [6.45, 7) is 0. The van der Waals surface area contributed by atoms with E-state index in [0.29, 0.717) is 0 Å². The quantitative estimate of drug-likeness (QED) is 0.402. The van der Waals surface area contributed by atoms with Gasteiger partial charge in [-0.25, -0.2) is 0 Å². The van der Waals surface area contributed by atoms with Crippen molar-refractivity contribution in [2.45, 2.75) is 0 Å². The maximum atomic E-state index is 0. The fourth-order valence-corrected chi connectivity index (χ4v) is 0. The van der Waals surface area contributed by atoms with Crippen LogP contribution in [-0.4, -0.2) is 0 Å². The maximum absolute atomic E-state index is 0. The van der Waals surface area contributed by atoms with Crippen molar-refractivity contribution in [3.05, 3.63) is 0 Å². The number of rotatable bonds is 0. The van der Waals surface area contributed by atoms with Gasteiger partial charge in [-0.1, -0.05) is 0 Å². The minimum Gasteiger partial charge on any atom is -1.00 e. The Kier molecular flexibility index (Phi) is 343. The van der Waals surface area contributed by atoms with Crippen LogP contribution in [0.4, 0.5) is 0 Å². The minimum atomic E-state index is 0. The second kappa shape index (κ2) is 32.5. The van der Waals surface area contributed by atoms with E-state index in [0.717, 1.165) is 0 Å². The van der Waals surface area contributed by atoms with Crippen LogP contribution >= 0.6 is 37.2 Å². The van der Waals surface area contributed by atoms with Gasteiger partial charge in [0, 0.05) is 17.1 Å². The van der Waals surface area contributed by atoms with E-state index >= 15 is 0 Å². The third kappa shape index (κ3) is 21.6. The largest absolute Gasteiger partial charge is 1.00 e. The van der Waals surface area contributed by atoms with Crippen LogP contribution in [-0.2, 0) is 17.1 Å². The predicted molar refractivity (Wildman–Crippen MR) is 22.9 cm³/mol. The molecule has 0 aromatic carbocycles. The molecule has 0 saturated carbocycles. The molecular weight excluding hydrogens is 185 g/mol. The fraction of sp³-hybridized carbons (Fsp3) is 0. The van der Waals surface area contributed by atoms with Gasteiger partial charge in [-0.05, 0) is 0 Å². The predicted octanol–water partition coefficient (Wildman–Crippen LogP) is -1.62. The first-order valence-corrected chi connectivity index (χ1v) is 0. The smallest absolute Gasteiger partial charge is 1.00 e. The average Bonchev–Trinajstić information content (AvgIpc) is 0. The summed E-state index contributed by atoms with van der Waals surface area (Å²) in [5, 5.41) is 0. The molecule has 34 valence electrons. The van der Waals surface area contributed by atoms with Gasteiger partial charge in [0.2, 0.25) is 0 Å². The van der Waals surface area contributed by atoms with Crippen molar-refractivity contribution in [2.75, 3.05) is 0 Å². The van der Waals surface area contributed by atoms with Crippen LogP contribution in [0.3, 0.4) is 0 Å². The average molecular weight is 189 g/mol. The zero-order valence-electron chi connectivity index (χ0n) is 3.58. The summed E-state index contributed by atoms with van der Waals surface area (Å²) in [7, 11) is 0. The van der Waals surface area contributed by atoms with Crippen LogP contribution in [0.2, 0.25) is 0 Å². The van der Waals surface area contributed by atoms with Gasteiger partial charge in [0.1, 0.15) is 0 Å². The Morgan fingerprint density at radius 1 is 0.800 bits per heavy atom. The van der Waals surface area contributed by atoms with Crippen LogP contribution in [0.25, 0.3) is 0 Å². The zero-order chi connectivity index (χ0) is 0. The minimum absolute atomic E-state index is 0. The molecule has 0 aliphatic rings. The molecule has 5 heavy (non-hydrogen) atoms. The normalized spacial score (nSPS) is 0. The monoisotopic (exact) mass is 188 g/mol. The Morgan fingerprint density at radius 2 is 0.800 bits per heavy atom. The molecule has 0 heterocycles. The molecule has 0 spiro atoms. The summed E-state index contributed by atoms with van der Waals surface area (Å²) in [5.74, 6) is 0. The van der Waals surface area contributed by atoms with Crippen LogP contribution < -0.4 is 29.6 Å². The van der Waals surface area contributed by atoms with Crippen molar-refractivity contribution in [3.8, 4) is 0 Å². The first-order chi connectivity index (χ1) is 0. The van der Waals surface area contributed by atoms with Crippen LogP contribution in [0.15, 0.2) is 0 Å². The van der Waals surface area contributed by atoms with E-state index < -0.39 is 0 Å². The number of hydrogen-bond acceptors (Lipinski definition) is 0. The molecule has 0 atom stereocenters. The number of halogens is 3. The number of hydrogen-bond donors (Lipinski definition) is 0. The van der Waals surface area contributed by atoms with Crippen LogP contribution in [0.5, 0.6) is 0 Å². The van der Waals surface area contributed by atoms with Crippen LogP contribution in [0, 0.1) is 0 Å². The van der Waals surface area contributed by atoms with Crippen molar-refractivity contribution in [1.82, 2.24) is 0 Å². The standard InChI is InChI=1S/3ClH.Fe.Na.H/h3*1H;;;/q;;;;+1;-1. The molecule has 0 aliphatic heterocycles. The van der Waals surface area contributed by atoms with Crippen molar-refractivity contribution < 1.29 is 48.1 Å². The molecule has 0 aromatic rings. The maximum Gasteiger partial charge on any atom is 1.00 e. The molecule has 0 fully saturated rings. The van der Waals surface area contributed by atoms with E-state index in [2.05, 4.69) is 0 Å². The molecule has 0 nitrogen and oxygen atoms in total. The molecular formula is H4Cl3FeNa. The SMILES string of the molecule is Cl.Cl.Cl.[Fe].[H-].[Na+]. The summed E-state index contributed by atoms with van der Waals surface area (Å²) >= 11 is 0. The molecule has 0 radical (unpaired) electrons. The van der Waals surface area contributed by atoms with Crippen molar-refractivity contribution in [3.63, 3.8) is 0 Å². The Hall–Kier alpha value is 2.39.